The van der Waals surface area contributed by atoms with Crippen LogP contribution in [0.1, 0.15) is 265 Å². The van der Waals surface area contributed by atoms with E-state index in [1.807, 2.05) is 0 Å². The summed E-state index contributed by atoms with van der Waals surface area (Å²) in [4.78, 5) is 48.5. The Morgan fingerprint density at radius 2 is 0.722 bits per heavy atom. The second-order valence-corrected chi connectivity index (χ2v) is 20.9. The smallest absolute Gasteiger partial charge is 0.462 e. The minimum Gasteiger partial charge on any atom is -0.462 e. The van der Waals surface area contributed by atoms with E-state index in [2.05, 4.69) is 81.5 Å². The van der Waals surface area contributed by atoms with E-state index >= 15 is 0 Å². The lowest BCUT2D eigenvalue weighted by Crippen LogP contribution is -2.30. The summed E-state index contributed by atoms with van der Waals surface area (Å²) in [5.41, 5.74) is 0. The second-order valence-electron chi connectivity index (χ2n) is 19.4. The molecule has 0 radical (unpaired) electrons. The molecule has 2 N–H and O–H groups in total. The summed E-state index contributed by atoms with van der Waals surface area (Å²) in [5.74, 6) is -1.48. The van der Waals surface area contributed by atoms with Gasteiger partial charge in [0.25, 0.3) is 0 Å². The van der Waals surface area contributed by atoms with E-state index in [0.29, 0.717) is 19.3 Å². The van der Waals surface area contributed by atoms with Crippen molar-refractivity contribution in [3.8, 4) is 0 Å². The highest BCUT2D eigenvalue weighted by atomic mass is 31.2. The average Bonchev–Trinajstić information content (AvgIpc) is 3.37. The summed E-state index contributed by atoms with van der Waals surface area (Å²) >= 11 is 0. The van der Waals surface area contributed by atoms with Gasteiger partial charge in [0.1, 0.15) is 12.7 Å². The molecule has 0 aliphatic rings. The van der Waals surface area contributed by atoms with Crippen LogP contribution in [0.5, 0.6) is 0 Å². The molecule has 0 aromatic rings. The van der Waals surface area contributed by atoms with E-state index in [1.54, 1.807) is 0 Å². The van der Waals surface area contributed by atoms with E-state index in [1.165, 1.54) is 96.3 Å². The first-order chi connectivity index (χ1) is 35.2. The van der Waals surface area contributed by atoms with Crippen LogP contribution in [0.25, 0.3) is 0 Å². The molecule has 0 saturated heterocycles. The van der Waals surface area contributed by atoms with Crippen molar-refractivity contribution < 1.29 is 52.2 Å². The second kappa shape index (κ2) is 54.4. The number of aliphatic hydroxyl groups excluding tert-OH is 1. The average molecular weight is 1040 g/mol. The van der Waals surface area contributed by atoms with Crippen LogP contribution in [0.4, 0.5) is 0 Å². The Morgan fingerprint density at radius 1 is 0.403 bits per heavy atom. The Hall–Kier alpha value is -2.82. The summed E-state index contributed by atoms with van der Waals surface area (Å²) in [6.07, 6.45) is 59.0. The van der Waals surface area contributed by atoms with Crippen LogP contribution >= 0.6 is 7.82 Å². The predicted molar refractivity (Wildman–Crippen MR) is 298 cm³/mol. The molecule has 418 valence electrons. The SMILES string of the molecule is CC/C=C\C/C=C\C/C=C\C/C=C\CCCCCCCCC(=O)OC(COC(=O)CCCCCCCCC/C=C\CCCCCCCC)COP(=O)(O)OCC(CO)OC(=O)CCCCCCCCCCC. The van der Waals surface area contributed by atoms with Crippen molar-refractivity contribution in [2.24, 2.45) is 0 Å². The Bertz CT molecular complexity index is 1440. The first-order valence-corrected chi connectivity index (χ1v) is 30.7. The number of carbonyl (C=O) groups excluding carboxylic acids is 3. The number of allylic oxidation sites excluding steroid dienone is 10. The van der Waals surface area contributed by atoms with Gasteiger partial charge in [0.15, 0.2) is 6.10 Å². The normalized spacial score (nSPS) is 13.8. The van der Waals surface area contributed by atoms with Gasteiger partial charge in [-0.1, -0.05) is 223 Å². The van der Waals surface area contributed by atoms with Gasteiger partial charge in [0, 0.05) is 19.3 Å². The summed E-state index contributed by atoms with van der Waals surface area (Å²) in [6.45, 7) is 4.50. The lowest BCUT2D eigenvalue weighted by Gasteiger charge is -2.21. The molecule has 0 bridgehead atoms. The predicted octanol–water partition coefficient (Wildman–Crippen LogP) is 17.1. The van der Waals surface area contributed by atoms with Crippen LogP contribution in [0.3, 0.4) is 0 Å². The molecule has 0 fully saturated rings. The van der Waals surface area contributed by atoms with Gasteiger partial charge in [-0.2, -0.15) is 0 Å². The van der Waals surface area contributed by atoms with E-state index in [9.17, 15) is 28.9 Å². The Balaban J connectivity index is 4.73. The summed E-state index contributed by atoms with van der Waals surface area (Å²) in [6, 6.07) is 0. The molecule has 12 heteroatoms. The molecule has 0 heterocycles. The van der Waals surface area contributed by atoms with Crippen LogP contribution in [0, 0.1) is 0 Å². The van der Waals surface area contributed by atoms with Crippen LogP contribution in [0.15, 0.2) is 60.8 Å². The molecular formula is C60H107O11P. The zero-order valence-electron chi connectivity index (χ0n) is 46.1. The van der Waals surface area contributed by atoms with Crippen LogP contribution < -0.4 is 0 Å². The molecule has 3 atom stereocenters. The topological polar surface area (TPSA) is 155 Å². The third-order valence-electron chi connectivity index (χ3n) is 12.4. The van der Waals surface area contributed by atoms with Gasteiger partial charge < -0.3 is 24.2 Å². The summed E-state index contributed by atoms with van der Waals surface area (Å²) < 4.78 is 39.5. The highest BCUT2D eigenvalue weighted by molar-refractivity contribution is 7.47. The molecule has 0 aromatic carbocycles. The van der Waals surface area contributed by atoms with Gasteiger partial charge in [-0.3, -0.25) is 23.4 Å². The standard InChI is InChI=1S/C60H107O11P/c1-4-7-10-13-16-19-21-23-25-27-28-30-32-34-36-39-42-45-48-51-60(64)71-57(53-67-58(62)49-46-43-40-38-35-33-31-29-26-24-22-20-17-14-11-8-5-2)55-69-72(65,66)68-54-56(52-61)70-59(63)50-47-44-41-37-18-15-12-9-6-3/h7,10,16,19,23-26,28,30,56-57,61H,4-6,8-9,11-15,17-18,20-22,27,29,31-55H2,1-3H3,(H,65,66)/b10-7-,19-16-,25-23-,26-24-,30-28-. The molecule has 11 nitrogen and oxygen atoms in total. The van der Waals surface area contributed by atoms with Crippen LogP contribution in [-0.2, 0) is 42.2 Å². The highest BCUT2D eigenvalue weighted by Gasteiger charge is 2.28. The maximum atomic E-state index is 12.9. The Kier molecular flexibility index (Phi) is 52.3. The number of phosphoric ester groups is 1. The zero-order valence-corrected chi connectivity index (χ0v) is 47.0. The van der Waals surface area contributed by atoms with E-state index in [0.717, 1.165) is 109 Å². The fourth-order valence-corrected chi connectivity index (χ4v) is 8.77. The molecule has 0 aliphatic carbocycles. The van der Waals surface area contributed by atoms with E-state index < -0.39 is 57.8 Å². The molecular weight excluding hydrogens is 928 g/mol. The lowest BCUT2D eigenvalue weighted by molar-refractivity contribution is -0.161. The van der Waals surface area contributed by atoms with Crippen molar-refractivity contribution in [2.45, 2.75) is 277 Å². The van der Waals surface area contributed by atoms with E-state index in [-0.39, 0.29) is 25.9 Å². The third kappa shape index (κ3) is 52.1. The summed E-state index contributed by atoms with van der Waals surface area (Å²) in [7, 11) is -4.75. The molecule has 0 spiro atoms. The number of hydrogen-bond acceptors (Lipinski definition) is 10. The molecule has 0 saturated carbocycles. The molecule has 72 heavy (non-hydrogen) atoms. The zero-order chi connectivity index (χ0) is 52.7. The van der Waals surface area contributed by atoms with Gasteiger partial charge in [0.05, 0.1) is 19.8 Å². The number of esters is 3. The maximum absolute atomic E-state index is 12.9. The number of rotatable bonds is 54. The molecule has 0 rings (SSSR count). The fourth-order valence-electron chi connectivity index (χ4n) is 7.99. The number of hydrogen-bond donors (Lipinski definition) is 2. The lowest BCUT2D eigenvalue weighted by atomic mass is 10.1. The van der Waals surface area contributed by atoms with E-state index in [4.69, 9.17) is 23.3 Å². The minimum atomic E-state index is -4.75. The van der Waals surface area contributed by atoms with Crippen molar-refractivity contribution >= 4 is 25.7 Å². The number of phosphoric acid groups is 1. The van der Waals surface area contributed by atoms with Gasteiger partial charge in [-0.15, -0.1) is 0 Å². The van der Waals surface area contributed by atoms with Crippen molar-refractivity contribution in [1.82, 2.24) is 0 Å². The van der Waals surface area contributed by atoms with Gasteiger partial charge in [0.2, 0.25) is 0 Å². The first-order valence-electron chi connectivity index (χ1n) is 29.2. The number of ether oxygens (including phenoxy) is 3. The van der Waals surface area contributed by atoms with Crippen LogP contribution in [0.2, 0.25) is 0 Å². The number of carbonyl (C=O) groups is 3. The van der Waals surface area contributed by atoms with Gasteiger partial charge >= 0.3 is 25.7 Å². The quantitative estimate of drug-likeness (QED) is 0.0197. The van der Waals surface area contributed by atoms with Crippen LogP contribution in [-0.4, -0.2) is 66.5 Å². The third-order valence-corrected chi connectivity index (χ3v) is 13.4. The number of unbranched alkanes of at least 4 members (excludes halogenated alkanes) is 27. The monoisotopic (exact) mass is 1030 g/mol. The summed E-state index contributed by atoms with van der Waals surface area (Å²) in [5, 5.41) is 9.77. The Labute approximate surface area is 440 Å². The Morgan fingerprint density at radius 3 is 1.12 bits per heavy atom. The molecule has 0 amide bonds. The molecule has 0 aromatic heterocycles. The largest absolute Gasteiger partial charge is 0.472 e. The van der Waals surface area contributed by atoms with Crippen molar-refractivity contribution in [3.05, 3.63) is 60.8 Å². The van der Waals surface area contributed by atoms with Crippen molar-refractivity contribution in [3.63, 3.8) is 0 Å². The number of aliphatic hydroxyl groups is 1. The minimum absolute atomic E-state index is 0.151. The van der Waals surface area contributed by atoms with Crippen molar-refractivity contribution in [2.75, 3.05) is 26.4 Å². The van der Waals surface area contributed by atoms with Gasteiger partial charge in [-0.05, 0) is 83.5 Å². The highest BCUT2D eigenvalue weighted by Crippen LogP contribution is 2.43. The maximum Gasteiger partial charge on any atom is 0.472 e. The van der Waals surface area contributed by atoms with Crippen molar-refractivity contribution in [1.29, 1.82) is 0 Å². The first kappa shape index (κ1) is 69.2. The molecule has 0 aliphatic heterocycles. The fraction of sp³-hybridized carbons (Fsp3) is 0.783. The van der Waals surface area contributed by atoms with Gasteiger partial charge in [-0.25, -0.2) is 4.57 Å². The molecule has 3 unspecified atom stereocenters.